The van der Waals surface area contributed by atoms with Gasteiger partial charge in [0, 0.05) is 36.4 Å². The summed E-state index contributed by atoms with van der Waals surface area (Å²) < 4.78 is 39.7. The number of nitrogens with one attached hydrogen (secondary N) is 1. The Kier molecular flexibility index (Phi) is 6.46. The monoisotopic (exact) mass is 473 g/mol. The van der Waals surface area contributed by atoms with Gasteiger partial charge in [0.25, 0.3) is 0 Å². The average molecular weight is 474 g/mol. The standard InChI is InChI=1S/C23H19ClF3N5O/c24-17-9-16-7-13(1-3-19(16)30-12-17)8-18-10-14(5-6-29-18)22(33)31-11-15-2-4-20(28)32-21(15)23(25,26)27/h1-7,9-10,12,22,31,33H,8,11H2,(H2,28,32). The molecular weight excluding hydrogens is 455 g/mol. The molecule has 0 saturated heterocycles. The zero-order chi connectivity index (χ0) is 23.6. The fourth-order valence-electron chi connectivity index (χ4n) is 3.45. The first kappa shape index (κ1) is 22.9. The third kappa shape index (κ3) is 5.57. The Balaban J connectivity index is 1.48. The lowest BCUT2D eigenvalue weighted by molar-refractivity contribution is -0.141. The van der Waals surface area contributed by atoms with E-state index in [1.807, 2.05) is 24.3 Å². The third-order valence-corrected chi connectivity index (χ3v) is 5.22. The van der Waals surface area contributed by atoms with Crippen LogP contribution in [0, 0.1) is 0 Å². The minimum absolute atomic E-state index is 0.117. The lowest BCUT2D eigenvalue weighted by Crippen LogP contribution is -2.23. The van der Waals surface area contributed by atoms with E-state index in [0.29, 0.717) is 22.7 Å². The van der Waals surface area contributed by atoms with Crippen LogP contribution in [0.1, 0.15) is 34.3 Å². The van der Waals surface area contributed by atoms with Crippen molar-refractivity contribution in [2.45, 2.75) is 25.4 Å². The zero-order valence-electron chi connectivity index (χ0n) is 17.1. The van der Waals surface area contributed by atoms with Crippen molar-refractivity contribution in [3.63, 3.8) is 0 Å². The van der Waals surface area contributed by atoms with Crippen LogP contribution in [0.5, 0.6) is 0 Å². The summed E-state index contributed by atoms with van der Waals surface area (Å²) in [5.74, 6) is -0.225. The number of nitrogens with two attached hydrogens (primary N) is 1. The van der Waals surface area contributed by atoms with E-state index < -0.39 is 18.1 Å². The number of benzene rings is 1. The van der Waals surface area contributed by atoms with Gasteiger partial charge < -0.3 is 10.8 Å². The van der Waals surface area contributed by atoms with Crippen LogP contribution in [-0.2, 0) is 19.1 Å². The van der Waals surface area contributed by atoms with Crippen molar-refractivity contribution in [1.82, 2.24) is 20.3 Å². The molecule has 1 aromatic carbocycles. The molecule has 4 rings (SSSR count). The summed E-state index contributed by atoms with van der Waals surface area (Å²) in [4.78, 5) is 12.0. The van der Waals surface area contributed by atoms with Crippen molar-refractivity contribution in [1.29, 1.82) is 0 Å². The number of alkyl halides is 3. The third-order valence-electron chi connectivity index (χ3n) is 5.01. The predicted molar refractivity (Wildman–Crippen MR) is 119 cm³/mol. The second kappa shape index (κ2) is 9.30. The highest BCUT2D eigenvalue weighted by molar-refractivity contribution is 6.31. The number of pyridine rings is 3. The Morgan fingerprint density at radius 3 is 2.67 bits per heavy atom. The number of aliphatic hydroxyl groups is 1. The van der Waals surface area contributed by atoms with Crippen LogP contribution in [0.3, 0.4) is 0 Å². The summed E-state index contributed by atoms with van der Waals surface area (Å²) in [6.45, 7) is -0.251. The van der Waals surface area contributed by atoms with Crippen molar-refractivity contribution in [3.05, 3.63) is 94.0 Å². The molecule has 4 N–H and O–H groups in total. The molecular formula is C23H19ClF3N5O. The van der Waals surface area contributed by atoms with Crippen molar-refractivity contribution in [2.24, 2.45) is 0 Å². The Morgan fingerprint density at radius 1 is 1.06 bits per heavy atom. The largest absolute Gasteiger partial charge is 0.433 e. The molecule has 10 heteroatoms. The molecule has 6 nitrogen and oxygen atoms in total. The SMILES string of the molecule is Nc1ccc(CNC(O)c2ccnc(Cc3ccc4ncc(Cl)cc4c3)c2)c(C(F)(F)F)n1. The number of anilines is 1. The van der Waals surface area contributed by atoms with E-state index in [-0.39, 0.29) is 17.9 Å². The molecule has 3 heterocycles. The molecule has 33 heavy (non-hydrogen) atoms. The van der Waals surface area contributed by atoms with Gasteiger partial charge in [-0.2, -0.15) is 13.2 Å². The maximum absolute atomic E-state index is 13.2. The fraction of sp³-hybridized carbons (Fsp3) is 0.174. The zero-order valence-corrected chi connectivity index (χ0v) is 17.9. The molecule has 0 saturated carbocycles. The molecule has 3 aromatic heterocycles. The molecule has 0 spiro atoms. The predicted octanol–water partition coefficient (Wildman–Crippen LogP) is 4.65. The van der Waals surface area contributed by atoms with Crippen molar-refractivity contribution < 1.29 is 18.3 Å². The number of fused-ring (bicyclic) bond motifs is 1. The Labute approximate surface area is 192 Å². The molecule has 4 aromatic rings. The van der Waals surface area contributed by atoms with Gasteiger partial charge in [-0.3, -0.25) is 15.3 Å². The number of hydrogen-bond donors (Lipinski definition) is 3. The number of aromatic nitrogens is 3. The maximum atomic E-state index is 13.2. The van der Waals surface area contributed by atoms with E-state index in [0.717, 1.165) is 16.5 Å². The summed E-state index contributed by atoms with van der Waals surface area (Å²) in [6, 6.07) is 13.4. The van der Waals surface area contributed by atoms with Gasteiger partial charge in [0.2, 0.25) is 0 Å². The second-order valence-corrected chi connectivity index (χ2v) is 7.90. The van der Waals surface area contributed by atoms with Crippen LogP contribution < -0.4 is 11.1 Å². The van der Waals surface area contributed by atoms with E-state index in [4.69, 9.17) is 17.3 Å². The van der Waals surface area contributed by atoms with Gasteiger partial charge in [-0.05, 0) is 53.1 Å². The quantitative estimate of drug-likeness (QED) is 0.353. The molecule has 0 aliphatic carbocycles. The van der Waals surface area contributed by atoms with Crippen molar-refractivity contribution in [2.75, 3.05) is 5.73 Å². The lowest BCUT2D eigenvalue weighted by Gasteiger charge is -2.17. The molecule has 0 aliphatic rings. The summed E-state index contributed by atoms with van der Waals surface area (Å²) >= 11 is 6.02. The molecule has 0 fully saturated rings. The number of halogens is 4. The second-order valence-electron chi connectivity index (χ2n) is 7.46. The van der Waals surface area contributed by atoms with Crippen molar-refractivity contribution in [3.8, 4) is 0 Å². The Hall–Kier alpha value is -3.27. The van der Waals surface area contributed by atoms with Gasteiger partial charge in [0.1, 0.15) is 12.0 Å². The van der Waals surface area contributed by atoms with E-state index >= 15 is 0 Å². The fourth-order valence-corrected chi connectivity index (χ4v) is 3.62. The van der Waals surface area contributed by atoms with E-state index in [1.165, 1.54) is 12.1 Å². The van der Waals surface area contributed by atoms with E-state index in [2.05, 4.69) is 20.3 Å². The van der Waals surface area contributed by atoms with Crippen LogP contribution in [0.4, 0.5) is 19.0 Å². The van der Waals surface area contributed by atoms with Crippen LogP contribution >= 0.6 is 11.6 Å². The van der Waals surface area contributed by atoms with Crippen molar-refractivity contribution >= 4 is 28.3 Å². The molecule has 0 amide bonds. The molecule has 1 unspecified atom stereocenters. The van der Waals surface area contributed by atoms with Crippen LogP contribution in [0.15, 0.2) is 60.9 Å². The normalized spacial score (nSPS) is 12.8. The van der Waals surface area contributed by atoms with Gasteiger partial charge in [-0.1, -0.05) is 23.7 Å². The lowest BCUT2D eigenvalue weighted by atomic mass is 10.0. The number of rotatable bonds is 6. The highest BCUT2D eigenvalue weighted by Crippen LogP contribution is 2.31. The Bertz CT molecular complexity index is 1300. The molecule has 0 radical (unpaired) electrons. The van der Waals surface area contributed by atoms with Crippen LogP contribution in [-0.4, -0.2) is 20.1 Å². The van der Waals surface area contributed by atoms with Gasteiger partial charge in [-0.25, -0.2) is 4.98 Å². The topological polar surface area (TPSA) is 97.0 Å². The molecule has 0 aliphatic heterocycles. The van der Waals surface area contributed by atoms with Crippen LogP contribution in [0.25, 0.3) is 10.9 Å². The maximum Gasteiger partial charge on any atom is 0.433 e. The van der Waals surface area contributed by atoms with Gasteiger partial charge in [-0.15, -0.1) is 0 Å². The first-order valence-electron chi connectivity index (χ1n) is 9.92. The van der Waals surface area contributed by atoms with E-state index in [1.54, 1.807) is 24.5 Å². The molecule has 1 atom stereocenters. The molecule has 0 bridgehead atoms. The highest BCUT2D eigenvalue weighted by Gasteiger charge is 2.35. The average Bonchev–Trinajstić information content (AvgIpc) is 2.77. The van der Waals surface area contributed by atoms with Gasteiger partial charge >= 0.3 is 6.18 Å². The number of nitrogens with zero attached hydrogens (tertiary/aromatic N) is 3. The number of aliphatic hydroxyl groups excluding tert-OH is 1. The Morgan fingerprint density at radius 2 is 1.88 bits per heavy atom. The van der Waals surface area contributed by atoms with E-state index in [9.17, 15) is 18.3 Å². The first-order valence-corrected chi connectivity index (χ1v) is 10.3. The summed E-state index contributed by atoms with van der Waals surface area (Å²) in [6.07, 6.45) is -2.24. The van der Waals surface area contributed by atoms with Crippen LogP contribution in [0.2, 0.25) is 5.02 Å². The summed E-state index contributed by atoms with van der Waals surface area (Å²) in [5.41, 5.74) is 7.15. The minimum atomic E-state index is -4.65. The molecule has 170 valence electrons. The summed E-state index contributed by atoms with van der Waals surface area (Å²) in [5, 5.41) is 14.6. The summed E-state index contributed by atoms with van der Waals surface area (Å²) in [7, 11) is 0. The number of nitrogen functional groups attached to an aromatic ring is 1. The van der Waals surface area contributed by atoms with Gasteiger partial charge in [0.15, 0.2) is 5.69 Å². The highest BCUT2D eigenvalue weighted by atomic mass is 35.5. The van der Waals surface area contributed by atoms with Gasteiger partial charge in [0.05, 0.1) is 10.5 Å². The number of hydrogen-bond acceptors (Lipinski definition) is 6. The minimum Gasteiger partial charge on any atom is -0.384 e. The smallest absolute Gasteiger partial charge is 0.384 e. The first-order chi connectivity index (χ1) is 15.7.